The van der Waals surface area contributed by atoms with Gasteiger partial charge in [0.2, 0.25) is 0 Å². The molecule has 2 aliphatic rings. The van der Waals surface area contributed by atoms with Crippen molar-refractivity contribution in [1.29, 1.82) is 0 Å². The summed E-state index contributed by atoms with van der Waals surface area (Å²) in [6.07, 6.45) is 4.90. The van der Waals surface area contributed by atoms with Gasteiger partial charge in [-0.25, -0.2) is 0 Å². The zero-order valence-electron chi connectivity index (χ0n) is 30.3. The van der Waals surface area contributed by atoms with E-state index in [2.05, 4.69) is 73.2 Å². The van der Waals surface area contributed by atoms with E-state index in [9.17, 15) is 0 Å². The van der Waals surface area contributed by atoms with E-state index in [0.29, 0.717) is 0 Å². The van der Waals surface area contributed by atoms with E-state index in [4.69, 9.17) is 22.1 Å². The standard InChI is InChI=1S/C17H40N2O2Si2.C13H32N2O3Si2/c1-6-20-22(21-7-2)16-12-11-13-18-14-15-19(17-18)23(8-3,9-4)10-5;1-16-20(17-2,18-3)12-8-10-14-9-7-11-15(13-14)19(4,5)6/h22H,6-17H2,1-5H3;7-13H2,1-6H3. The van der Waals surface area contributed by atoms with Gasteiger partial charge in [-0.15, -0.1) is 0 Å². The molecular formula is C30H72N4O5Si4. The number of hydrogen-bond acceptors (Lipinski definition) is 9. The molecule has 2 heterocycles. The molecule has 0 saturated carbocycles. The minimum Gasteiger partial charge on any atom is -0.397 e. The zero-order chi connectivity index (χ0) is 32.4. The van der Waals surface area contributed by atoms with E-state index in [1.165, 1.54) is 76.8 Å². The van der Waals surface area contributed by atoms with Gasteiger partial charge in [-0.05, 0) is 76.9 Å². The molecule has 0 aromatic heterocycles. The van der Waals surface area contributed by atoms with Crippen LogP contribution in [-0.4, -0.2) is 141 Å². The Balaban J connectivity index is 0.000000434. The molecule has 0 aromatic carbocycles. The molecule has 258 valence electrons. The summed E-state index contributed by atoms with van der Waals surface area (Å²) in [6, 6.07) is 6.27. The maximum absolute atomic E-state index is 5.76. The first-order chi connectivity index (χ1) is 20.5. The van der Waals surface area contributed by atoms with Gasteiger partial charge in [0.15, 0.2) is 0 Å². The Hall–Kier alpha value is 0.508. The van der Waals surface area contributed by atoms with Crippen LogP contribution < -0.4 is 0 Å². The van der Waals surface area contributed by atoms with E-state index in [1.54, 1.807) is 21.3 Å². The van der Waals surface area contributed by atoms with E-state index < -0.39 is 34.6 Å². The first kappa shape index (κ1) is 41.5. The molecular weight excluding hydrogens is 609 g/mol. The van der Waals surface area contributed by atoms with Gasteiger partial charge in [-0.2, -0.15) is 0 Å². The van der Waals surface area contributed by atoms with Gasteiger partial charge >= 0.3 is 18.1 Å². The largest absolute Gasteiger partial charge is 0.500 e. The van der Waals surface area contributed by atoms with Gasteiger partial charge in [0.05, 0.1) is 0 Å². The fourth-order valence-corrected chi connectivity index (χ4v) is 15.4. The van der Waals surface area contributed by atoms with Crippen molar-refractivity contribution in [2.45, 2.75) is 110 Å². The Morgan fingerprint density at radius 3 is 1.67 bits per heavy atom. The van der Waals surface area contributed by atoms with E-state index in [0.717, 1.165) is 44.9 Å². The first-order valence-electron chi connectivity index (χ1n) is 17.4. The summed E-state index contributed by atoms with van der Waals surface area (Å²) in [5.74, 6) is 0. The quantitative estimate of drug-likeness (QED) is 0.112. The third kappa shape index (κ3) is 14.4. The van der Waals surface area contributed by atoms with Crippen molar-refractivity contribution in [2.24, 2.45) is 0 Å². The summed E-state index contributed by atoms with van der Waals surface area (Å²) in [5.41, 5.74) is 0. The van der Waals surface area contributed by atoms with Crippen molar-refractivity contribution in [3.63, 3.8) is 0 Å². The molecule has 0 radical (unpaired) electrons. The van der Waals surface area contributed by atoms with Gasteiger partial charge in [0.1, 0.15) is 16.5 Å². The van der Waals surface area contributed by atoms with Crippen LogP contribution in [0.5, 0.6) is 0 Å². The summed E-state index contributed by atoms with van der Waals surface area (Å²) < 4.78 is 33.5. The molecule has 9 nitrogen and oxygen atoms in total. The molecule has 0 unspecified atom stereocenters. The van der Waals surface area contributed by atoms with Crippen LogP contribution in [0.4, 0.5) is 0 Å². The number of hydrogen-bond donors (Lipinski definition) is 0. The molecule has 0 aromatic rings. The average molecular weight is 681 g/mol. The molecule has 0 atom stereocenters. The van der Waals surface area contributed by atoms with Crippen molar-refractivity contribution in [1.82, 2.24) is 18.9 Å². The second-order valence-corrected chi connectivity index (χ2v) is 28.5. The van der Waals surface area contributed by atoms with E-state index >= 15 is 0 Å². The summed E-state index contributed by atoms with van der Waals surface area (Å²) >= 11 is 0. The van der Waals surface area contributed by atoms with Crippen molar-refractivity contribution < 1.29 is 22.1 Å². The Labute approximate surface area is 272 Å². The predicted octanol–water partition coefficient (Wildman–Crippen LogP) is 5.70. The molecule has 0 amide bonds. The first-order valence-corrected chi connectivity index (χ1v) is 27.1. The average Bonchev–Trinajstić information content (AvgIpc) is 3.49. The van der Waals surface area contributed by atoms with Gasteiger partial charge in [0.25, 0.3) is 0 Å². The van der Waals surface area contributed by atoms with Crippen LogP contribution in [0.15, 0.2) is 0 Å². The van der Waals surface area contributed by atoms with Crippen LogP contribution in [0.1, 0.15) is 60.3 Å². The maximum atomic E-state index is 5.76. The highest BCUT2D eigenvalue weighted by molar-refractivity contribution is 6.77. The molecule has 2 aliphatic heterocycles. The fourth-order valence-electron chi connectivity index (χ4n) is 6.54. The van der Waals surface area contributed by atoms with Crippen LogP contribution in [0, 0.1) is 0 Å². The summed E-state index contributed by atoms with van der Waals surface area (Å²) in [7, 11) is -1.02. The molecule has 13 heteroatoms. The lowest BCUT2D eigenvalue weighted by Gasteiger charge is -2.42. The highest BCUT2D eigenvalue weighted by Gasteiger charge is 2.38. The summed E-state index contributed by atoms with van der Waals surface area (Å²) in [6.45, 7) is 30.0. The van der Waals surface area contributed by atoms with Gasteiger partial charge in [-0.3, -0.25) is 9.80 Å². The topological polar surface area (TPSA) is 59.1 Å². The number of unbranched alkanes of at least 4 members (excludes halogenated alkanes) is 1. The lowest BCUT2D eigenvalue weighted by atomic mass is 10.3. The third-order valence-corrected chi connectivity index (χ3v) is 22.7. The smallest absolute Gasteiger partial charge is 0.397 e. The normalized spacial score (nSPS) is 18.4. The Morgan fingerprint density at radius 1 is 0.628 bits per heavy atom. The van der Waals surface area contributed by atoms with Crippen molar-refractivity contribution >= 4 is 34.6 Å². The third-order valence-electron chi connectivity index (χ3n) is 9.68. The minimum atomic E-state index is -2.39. The second kappa shape index (κ2) is 22.1. The number of rotatable bonds is 21. The molecule has 0 spiro atoms. The van der Waals surface area contributed by atoms with Crippen LogP contribution in [0.25, 0.3) is 0 Å². The van der Waals surface area contributed by atoms with Crippen molar-refractivity contribution in [3.05, 3.63) is 0 Å². The molecule has 2 saturated heterocycles. The molecule has 2 fully saturated rings. The zero-order valence-corrected chi connectivity index (χ0v) is 34.5. The SMILES string of the molecule is CCO[SiH](CCCCN1CCN([Si](CC)(CC)CC)C1)OCC.CO[Si](CCCN1CCCN([Si](C)(C)C)C1)(OC)OC. The van der Waals surface area contributed by atoms with Crippen molar-refractivity contribution in [2.75, 3.05) is 87.1 Å². The molecule has 0 N–H and O–H groups in total. The maximum Gasteiger partial charge on any atom is 0.500 e. The van der Waals surface area contributed by atoms with E-state index in [1.807, 2.05) is 0 Å². The molecule has 0 aliphatic carbocycles. The fraction of sp³-hybridized carbons (Fsp3) is 1.00. The Kier molecular flexibility index (Phi) is 21.4. The number of nitrogens with zero attached hydrogens (tertiary/aromatic N) is 4. The Bertz CT molecular complexity index is 679. The lowest BCUT2D eigenvalue weighted by molar-refractivity contribution is 0.114. The Morgan fingerprint density at radius 2 is 1.16 bits per heavy atom. The predicted molar refractivity (Wildman–Crippen MR) is 192 cm³/mol. The van der Waals surface area contributed by atoms with E-state index in [-0.39, 0.29) is 0 Å². The molecule has 0 bridgehead atoms. The summed E-state index contributed by atoms with van der Waals surface area (Å²) in [4.78, 5) is 5.22. The van der Waals surface area contributed by atoms with Gasteiger partial charge in [-0.1, -0.05) is 46.8 Å². The van der Waals surface area contributed by atoms with Crippen LogP contribution >= 0.6 is 0 Å². The summed E-state index contributed by atoms with van der Waals surface area (Å²) in [5, 5.41) is 0. The second-order valence-electron chi connectivity index (χ2n) is 13.1. The molecule has 43 heavy (non-hydrogen) atoms. The van der Waals surface area contributed by atoms with Crippen LogP contribution in [0.2, 0.25) is 49.9 Å². The van der Waals surface area contributed by atoms with Gasteiger partial charge < -0.3 is 31.3 Å². The monoisotopic (exact) mass is 680 g/mol. The highest BCUT2D eigenvalue weighted by Crippen LogP contribution is 2.27. The lowest BCUT2D eigenvalue weighted by Crippen LogP contribution is -2.55. The highest BCUT2D eigenvalue weighted by atomic mass is 28.4. The van der Waals surface area contributed by atoms with Crippen LogP contribution in [-0.2, 0) is 22.1 Å². The minimum absolute atomic E-state index is 0.801. The van der Waals surface area contributed by atoms with Crippen molar-refractivity contribution in [3.8, 4) is 0 Å². The molecule has 2 rings (SSSR count). The van der Waals surface area contributed by atoms with Gasteiger partial charge in [0, 0.05) is 73.6 Å². The van der Waals surface area contributed by atoms with Crippen LogP contribution in [0.3, 0.4) is 0 Å².